The molecule has 0 radical (unpaired) electrons. The lowest BCUT2D eigenvalue weighted by Gasteiger charge is -2.12. The molecular weight excluding hydrogens is 741 g/mol. The average molecular weight is 789 g/mol. The molecule has 0 aliphatic heterocycles. The van der Waals surface area contributed by atoms with Gasteiger partial charge in [0, 0.05) is 50.0 Å². The fraction of sp³-hybridized carbons (Fsp3) is 0.304. The van der Waals surface area contributed by atoms with Crippen LogP contribution in [-0.2, 0) is 44.7 Å². The number of rotatable bonds is 21. The van der Waals surface area contributed by atoms with Crippen LogP contribution in [0.5, 0.6) is 11.5 Å². The van der Waals surface area contributed by atoms with Gasteiger partial charge in [-0.3, -0.25) is 0 Å². The van der Waals surface area contributed by atoms with Crippen molar-refractivity contribution in [3.63, 3.8) is 0 Å². The van der Waals surface area contributed by atoms with Gasteiger partial charge in [0.2, 0.25) is 11.8 Å². The Balaban J connectivity index is 0.981. The summed E-state index contributed by atoms with van der Waals surface area (Å²) in [6, 6.07) is 30.9. The van der Waals surface area contributed by atoms with E-state index in [0.717, 1.165) is 56.3 Å². The molecule has 0 fully saturated rings. The third-order valence-electron chi connectivity index (χ3n) is 9.57. The van der Waals surface area contributed by atoms with Gasteiger partial charge in [-0.25, -0.2) is 19.6 Å². The molecule has 0 aliphatic rings. The second kappa shape index (κ2) is 19.8. The van der Waals surface area contributed by atoms with E-state index in [2.05, 4.69) is 0 Å². The first-order valence-electron chi connectivity index (χ1n) is 19.4. The number of hydrogen-bond donors (Lipinski definition) is 2. The lowest BCUT2D eigenvalue weighted by molar-refractivity contribution is -0.150. The highest BCUT2D eigenvalue weighted by Crippen LogP contribution is 2.29. The van der Waals surface area contributed by atoms with Crippen LogP contribution in [0.3, 0.4) is 0 Å². The number of ether oxygens (including phenoxy) is 4. The second-order valence-corrected chi connectivity index (χ2v) is 13.7. The molecule has 12 heteroatoms. The van der Waals surface area contributed by atoms with Crippen molar-refractivity contribution in [2.45, 2.75) is 65.6 Å². The summed E-state index contributed by atoms with van der Waals surface area (Å²) in [4.78, 5) is 32.3. The maximum absolute atomic E-state index is 11.4. The Bertz CT molecular complexity index is 2080. The van der Waals surface area contributed by atoms with Crippen LogP contribution >= 0.6 is 0 Å². The molecule has 12 nitrogen and oxygen atoms in total. The van der Waals surface area contributed by atoms with E-state index in [-0.39, 0.29) is 12.8 Å². The SMILES string of the molecule is CCOC(Cc1ccc(OCCc2nc(-c3ccc(-c4ccc(-c5nc(CCOc6ccc(C[C@H](OCC)C(=O)O)cc6)c(C)o5)cc4)cc3)oc2C)cc1)C(=O)O. The summed E-state index contributed by atoms with van der Waals surface area (Å²) in [6.45, 7) is 8.84. The van der Waals surface area contributed by atoms with Crippen LogP contribution in [0.25, 0.3) is 34.0 Å². The summed E-state index contributed by atoms with van der Waals surface area (Å²) >= 11 is 0. The number of carboxylic acids is 2. The molecule has 302 valence electrons. The highest BCUT2D eigenvalue weighted by molar-refractivity contribution is 5.73. The molecule has 0 saturated heterocycles. The maximum atomic E-state index is 11.4. The van der Waals surface area contributed by atoms with E-state index in [1.165, 1.54) is 0 Å². The number of carboxylic acid groups (broad SMARTS) is 2. The summed E-state index contributed by atoms with van der Waals surface area (Å²) in [7, 11) is 0. The van der Waals surface area contributed by atoms with E-state index in [9.17, 15) is 19.8 Å². The first-order chi connectivity index (χ1) is 28.1. The van der Waals surface area contributed by atoms with Crippen LogP contribution in [0.2, 0.25) is 0 Å². The van der Waals surface area contributed by atoms with Gasteiger partial charge in [0.15, 0.2) is 12.2 Å². The van der Waals surface area contributed by atoms with E-state index >= 15 is 0 Å². The van der Waals surface area contributed by atoms with Crippen LogP contribution in [0, 0.1) is 13.8 Å². The van der Waals surface area contributed by atoms with Gasteiger partial charge in [-0.05, 0) is 98.5 Å². The summed E-state index contributed by atoms with van der Waals surface area (Å²) in [5.74, 6) is 1.99. The summed E-state index contributed by atoms with van der Waals surface area (Å²) in [6.07, 6.45) is -0.0353. The van der Waals surface area contributed by atoms with Crippen LogP contribution in [0.4, 0.5) is 0 Å². The number of nitrogens with zero attached hydrogens (tertiary/aromatic N) is 2. The maximum Gasteiger partial charge on any atom is 0.333 e. The van der Waals surface area contributed by atoms with Gasteiger partial charge in [0.05, 0.1) is 24.6 Å². The zero-order chi connectivity index (χ0) is 41.0. The fourth-order valence-electron chi connectivity index (χ4n) is 6.42. The molecule has 2 aromatic heterocycles. The quantitative estimate of drug-likeness (QED) is 0.0715. The third-order valence-corrected chi connectivity index (χ3v) is 9.57. The Kier molecular flexibility index (Phi) is 14.1. The van der Waals surface area contributed by atoms with E-state index in [1.54, 1.807) is 13.8 Å². The molecule has 0 spiro atoms. The number of oxazole rings is 2. The number of aromatic nitrogens is 2. The predicted molar refractivity (Wildman–Crippen MR) is 217 cm³/mol. The monoisotopic (exact) mass is 788 g/mol. The Hall–Kier alpha value is -6.24. The molecule has 2 N–H and O–H groups in total. The van der Waals surface area contributed by atoms with Gasteiger partial charge in [-0.2, -0.15) is 0 Å². The first-order valence-corrected chi connectivity index (χ1v) is 19.4. The van der Waals surface area contributed by atoms with Crippen LogP contribution in [0.15, 0.2) is 106 Å². The van der Waals surface area contributed by atoms with Gasteiger partial charge in [0.25, 0.3) is 0 Å². The smallest absolute Gasteiger partial charge is 0.333 e. The molecule has 0 amide bonds. The van der Waals surface area contributed by atoms with Crippen molar-refractivity contribution < 1.29 is 47.6 Å². The van der Waals surface area contributed by atoms with Gasteiger partial charge >= 0.3 is 11.9 Å². The largest absolute Gasteiger partial charge is 0.493 e. The molecular formula is C46H48N2O10. The Morgan fingerprint density at radius 3 is 1.22 bits per heavy atom. The molecule has 0 saturated carbocycles. The fourth-order valence-corrected chi connectivity index (χ4v) is 6.42. The average Bonchev–Trinajstić information content (AvgIpc) is 3.79. The Morgan fingerprint density at radius 2 is 0.897 bits per heavy atom. The molecule has 2 heterocycles. The molecule has 1 unspecified atom stereocenters. The van der Waals surface area contributed by atoms with Crippen molar-refractivity contribution in [3.8, 4) is 45.5 Å². The van der Waals surface area contributed by atoms with Crippen molar-refractivity contribution in [3.05, 3.63) is 131 Å². The van der Waals surface area contributed by atoms with Crippen LogP contribution in [0.1, 0.15) is 47.9 Å². The van der Waals surface area contributed by atoms with E-state index in [4.69, 9.17) is 37.7 Å². The minimum Gasteiger partial charge on any atom is -0.493 e. The number of aliphatic carboxylic acids is 2. The molecule has 58 heavy (non-hydrogen) atoms. The van der Waals surface area contributed by atoms with Gasteiger partial charge in [-0.1, -0.05) is 48.5 Å². The normalized spacial score (nSPS) is 12.3. The van der Waals surface area contributed by atoms with Crippen molar-refractivity contribution in [1.82, 2.24) is 9.97 Å². The lowest BCUT2D eigenvalue weighted by atomic mass is 10.0. The van der Waals surface area contributed by atoms with E-state index in [1.807, 2.05) is 111 Å². The summed E-state index contributed by atoms with van der Waals surface area (Å²) in [5.41, 5.74) is 7.18. The zero-order valence-electron chi connectivity index (χ0n) is 33.1. The first kappa shape index (κ1) is 41.4. The molecule has 0 bridgehead atoms. The third kappa shape index (κ3) is 11.0. The highest BCUT2D eigenvalue weighted by atomic mass is 16.5. The molecule has 6 rings (SSSR count). The zero-order valence-corrected chi connectivity index (χ0v) is 33.1. The van der Waals surface area contributed by atoms with Crippen LogP contribution < -0.4 is 9.47 Å². The number of benzene rings is 4. The van der Waals surface area contributed by atoms with Crippen molar-refractivity contribution in [2.75, 3.05) is 26.4 Å². The number of aryl methyl sites for hydroxylation is 2. The lowest BCUT2D eigenvalue weighted by Crippen LogP contribution is -2.26. The van der Waals surface area contributed by atoms with E-state index in [0.29, 0.717) is 62.5 Å². The molecule has 2 atom stereocenters. The van der Waals surface area contributed by atoms with Gasteiger partial charge in [-0.15, -0.1) is 0 Å². The molecule has 4 aromatic carbocycles. The molecule has 6 aromatic rings. The number of carbonyl (C=O) groups is 2. The summed E-state index contributed by atoms with van der Waals surface area (Å²) in [5, 5.41) is 18.7. The second-order valence-electron chi connectivity index (χ2n) is 13.7. The predicted octanol–water partition coefficient (Wildman–Crippen LogP) is 8.59. The van der Waals surface area contributed by atoms with Gasteiger partial charge < -0.3 is 38.0 Å². The highest BCUT2D eigenvalue weighted by Gasteiger charge is 2.19. The number of hydrogen-bond acceptors (Lipinski definition) is 10. The standard InChI is InChI=1S/C46H48N2O10/c1-5-53-41(45(49)50)27-31-7-19-37(20-8-31)55-25-23-39-29(3)57-43(47-39)35-15-11-33(12-16-35)34-13-17-36(18-14-34)44-48-40(30(4)58-44)24-26-56-38-21-9-32(10-22-38)28-42(46(51)52)54-6-2/h7-22,41-42H,5-6,23-28H2,1-4H3,(H,49,50)(H,51,52)/t41-,42?/m0/s1. The molecule has 0 aliphatic carbocycles. The minimum absolute atomic E-state index is 0.289. The van der Waals surface area contributed by atoms with Crippen LogP contribution in [-0.4, -0.2) is 70.8 Å². The van der Waals surface area contributed by atoms with Gasteiger partial charge in [0.1, 0.15) is 23.0 Å². The van der Waals surface area contributed by atoms with Crippen molar-refractivity contribution in [2.24, 2.45) is 0 Å². The minimum atomic E-state index is -0.975. The van der Waals surface area contributed by atoms with E-state index < -0.39 is 24.1 Å². The topological polar surface area (TPSA) is 164 Å². The summed E-state index contributed by atoms with van der Waals surface area (Å²) < 4.78 is 34.5. The Morgan fingerprint density at radius 1 is 0.552 bits per heavy atom. The van der Waals surface area contributed by atoms with Crippen molar-refractivity contribution >= 4 is 11.9 Å². The van der Waals surface area contributed by atoms with Crippen molar-refractivity contribution in [1.29, 1.82) is 0 Å². The Labute approximate surface area is 337 Å².